The highest BCUT2D eigenvalue weighted by molar-refractivity contribution is 5.94. The first-order valence-corrected chi connectivity index (χ1v) is 6.34. The molecule has 1 saturated heterocycles. The Morgan fingerprint density at radius 3 is 2.85 bits per heavy atom. The molecule has 1 aliphatic heterocycles. The number of pyridine rings is 1. The van der Waals surface area contributed by atoms with Crippen LogP contribution in [-0.4, -0.2) is 34.9 Å². The van der Waals surface area contributed by atoms with E-state index in [0.717, 1.165) is 31.9 Å². The normalized spacial score (nSPS) is 17.9. The number of hydrogen-bond acceptors (Lipinski definition) is 3. The Morgan fingerprint density at radius 2 is 2.20 bits per heavy atom. The Hall–Kier alpha value is -0.910. The smallest absolute Gasteiger partial charge is 0.257 e. The lowest BCUT2D eigenvalue weighted by molar-refractivity contribution is 0.0600. The second-order valence-corrected chi connectivity index (χ2v) is 4.58. The van der Waals surface area contributed by atoms with Gasteiger partial charge in [-0.3, -0.25) is 9.78 Å². The van der Waals surface area contributed by atoms with Crippen LogP contribution in [0.4, 0.5) is 4.39 Å². The first-order valence-electron chi connectivity index (χ1n) is 6.34. The fourth-order valence-corrected chi connectivity index (χ4v) is 2.46. The van der Waals surface area contributed by atoms with E-state index in [4.69, 9.17) is 5.73 Å². The SMILES string of the molecule is Cl.Cl.NCCC1CCCCN1C(=O)c1ccncc1F. The number of amides is 1. The highest BCUT2D eigenvalue weighted by Gasteiger charge is 2.28. The van der Waals surface area contributed by atoms with Gasteiger partial charge in [-0.1, -0.05) is 0 Å². The van der Waals surface area contributed by atoms with Gasteiger partial charge >= 0.3 is 0 Å². The second kappa shape index (κ2) is 9.10. The summed E-state index contributed by atoms with van der Waals surface area (Å²) in [5.41, 5.74) is 5.67. The van der Waals surface area contributed by atoms with Crippen molar-refractivity contribution in [2.75, 3.05) is 13.1 Å². The van der Waals surface area contributed by atoms with E-state index in [2.05, 4.69) is 4.98 Å². The molecule has 2 N–H and O–H groups in total. The number of nitrogens with two attached hydrogens (primary N) is 1. The molecule has 1 atom stereocenters. The van der Waals surface area contributed by atoms with Crippen molar-refractivity contribution in [3.05, 3.63) is 29.8 Å². The topological polar surface area (TPSA) is 59.2 Å². The van der Waals surface area contributed by atoms with Crippen molar-refractivity contribution in [2.45, 2.75) is 31.7 Å². The van der Waals surface area contributed by atoms with Gasteiger partial charge in [-0.05, 0) is 38.3 Å². The van der Waals surface area contributed by atoms with Crippen molar-refractivity contribution in [1.29, 1.82) is 0 Å². The molecule has 114 valence electrons. The summed E-state index contributed by atoms with van der Waals surface area (Å²) in [4.78, 5) is 17.7. The zero-order chi connectivity index (χ0) is 13.0. The summed E-state index contributed by atoms with van der Waals surface area (Å²) in [5.74, 6) is -0.798. The molecule has 4 nitrogen and oxygen atoms in total. The van der Waals surface area contributed by atoms with Gasteiger partial charge in [0.25, 0.3) is 5.91 Å². The van der Waals surface area contributed by atoms with Crippen molar-refractivity contribution in [3.63, 3.8) is 0 Å². The lowest BCUT2D eigenvalue weighted by Crippen LogP contribution is -2.44. The fraction of sp³-hybridized carbons (Fsp3) is 0.538. The standard InChI is InChI=1S/C13H18FN3O.2ClH/c14-12-9-16-7-5-11(12)13(18)17-8-2-1-3-10(17)4-6-15;;/h5,7,9-10H,1-4,6,8,15H2;2*1H. The van der Waals surface area contributed by atoms with Crippen molar-refractivity contribution in [3.8, 4) is 0 Å². The maximum atomic E-state index is 13.6. The summed E-state index contributed by atoms with van der Waals surface area (Å²) in [6, 6.07) is 1.58. The van der Waals surface area contributed by atoms with E-state index in [1.807, 2.05) is 0 Å². The van der Waals surface area contributed by atoms with E-state index >= 15 is 0 Å². The molecule has 1 amide bonds. The summed E-state index contributed by atoms with van der Waals surface area (Å²) >= 11 is 0. The van der Waals surface area contributed by atoms with Crippen LogP contribution in [-0.2, 0) is 0 Å². The molecule has 0 spiro atoms. The van der Waals surface area contributed by atoms with Crippen molar-refractivity contribution in [1.82, 2.24) is 9.88 Å². The molecule has 0 bridgehead atoms. The van der Waals surface area contributed by atoms with E-state index in [1.54, 1.807) is 4.90 Å². The molecule has 0 aliphatic carbocycles. The van der Waals surface area contributed by atoms with Gasteiger partial charge in [0.05, 0.1) is 11.8 Å². The minimum Gasteiger partial charge on any atom is -0.336 e. The van der Waals surface area contributed by atoms with Gasteiger partial charge in [0.1, 0.15) is 0 Å². The van der Waals surface area contributed by atoms with Gasteiger partial charge in [-0.25, -0.2) is 4.39 Å². The maximum absolute atomic E-state index is 13.6. The third-order valence-corrected chi connectivity index (χ3v) is 3.39. The first-order chi connectivity index (χ1) is 8.74. The Bertz CT molecular complexity index is 432. The zero-order valence-electron chi connectivity index (χ0n) is 11.1. The van der Waals surface area contributed by atoms with Gasteiger partial charge in [0.2, 0.25) is 0 Å². The molecule has 0 aromatic carbocycles. The third kappa shape index (κ3) is 4.30. The molecule has 7 heteroatoms. The van der Waals surface area contributed by atoms with Crippen LogP contribution in [0.25, 0.3) is 0 Å². The van der Waals surface area contributed by atoms with Gasteiger partial charge in [0.15, 0.2) is 5.82 Å². The van der Waals surface area contributed by atoms with Crippen molar-refractivity contribution < 1.29 is 9.18 Å². The Balaban J connectivity index is 0.00000180. The Labute approximate surface area is 130 Å². The minimum atomic E-state index is -0.556. The van der Waals surface area contributed by atoms with Crippen molar-refractivity contribution >= 4 is 30.7 Å². The number of halogens is 3. The van der Waals surface area contributed by atoms with E-state index in [-0.39, 0.29) is 42.3 Å². The van der Waals surface area contributed by atoms with Crippen LogP contribution in [0.5, 0.6) is 0 Å². The predicted molar refractivity (Wildman–Crippen MR) is 81.0 cm³/mol. The monoisotopic (exact) mass is 323 g/mol. The van der Waals surface area contributed by atoms with E-state index in [9.17, 15) is 9.18 Å². The zero-order valence-corrected chi connectivity index (χ0v) is 12.8. The Morgan fingerprint density at radius 1 is 1.45 bits per heavy atom. The number of nitrogens with zero attached hydrogens (tertiary/aromatic N) is 2. The molecule has 1 aromatic heterocycles. The van der Waals surface area contributed by atoms with Crippen LogP contribution in [0.1, 0.15) is 36.0 Å². The largest absolute Gasteiger partial charge is 0.336 e. The molecule has 20 heavy (non-hydrogen) atoms. The summed E-state index contributed by atoms with van der Waals surface area (Å²) in [5, 5.41) is 0. The van der Waals surface area contributed by atoms with Crippen LogP contribution in [0.3, 0.4) is 0 Å². The first kappa shape index (κ1) is 19.1. The number of hydrogen-bond donors (Lipinski definition) is 1. The molecule has 2 heterocycles. The average molecular weight is 324 g/mol. The molecule has 1 unspecified atom stereocenters. The number of aromatic nitrogens is 1. The molecule has 1 aromatic rings. The van der Waals surface area contributed by atoms with Crippen LogP contribution in [0.15, 0.2) is 18.5 Å². The minimum absolute atomic E-state index is 0. The molecular weight excluding hydrogens is 304 g/mol. The van der Waals surface area contributed by atoms with Crippen LogP contribution < -0.4 is 5.73 Å². The molecule has 0 saturated carbocycles. The van der Waals surface area contributed by atoms with Gasteiger partial charge in [-0.15, -0.1) is 24.8 Å². The van der Waals surface area contributed by atoms with Crippen LogP contribution in [0.2, 0.25) is 0 Å². The number of carbonyl (C=O) groups excluding carboxylic acids is 1. The van der Waals surface area contributed by atoms with Crippen molar-refractivity contribution in [2.24, 2.45) is 5.73 Å². The molecule has 1 aliphatic rings. The summed E-state index contributed by atoms with van der Waals surface area (Å²) in [7, 11) is 0. The summed E-state index contributed by atoms with van der Waals surface area (Å²) in [6.07, 6.45) is 6.33. The third-order valence-electron chi connectivity index (χ3n) is 3.39. The number of carbonyl (C=O) groups is 1. The summed E-state index contributed by atoms with van der Waals surface area (Å²) < 4.78 is 13.6. The fourth-order valence-electron chi connectivity index (χ4n) is 2.46. The molecule has 2 rings (SSSR count). The second-order valence-electron chi connectivity index (χ2n) is 4.58. The van der Waals surface area contributed by atoms with Crippen LogP contribution in [0, 0.1) is 5.82 Å². The summed E-state index contributed by atoms with van der Waals surface area (Å²) in [6.45, 7) is 1.23. The lowest BCUT2D eigenvalue weighted by atomic mass is 9.98. The highest BCUT2D eigenvalue weighted by Crippen LogP contribution is 2.22. The van der Waals surface area contributed by atoms with Gasteiger partial charge < -0.3 is 10.6 Å². The average Bonchev–Trinajstić information content (AvgIpc) is 2.40. The lowest BCUT2D eigenvalue weighted by Gasteiger charge is -2.35. The number of rotatable bonds is 3. The Kier molecular flexibility index (Phi) is 8.69. The highest BCUT2D eigenvalue weighted by atomic mass is 35.5. The van der Waals surface area contributed by atoms with Gasteiger partial charge in [-0.2, -0.15) is 0 Å². The van der Waals surface area contributed by atoms with E-state index < -0.39 is 5.82 Å². The quantitative estimate of drug-likeness (QED) is 0.929. The van der Waals surface area contributed by atoms with Gasteiger partial charge in [0, 0.05) is 18.8 Å². The predicted octanol–water partition coefficient (Wildman–Crippen LogP) is 2.41. The molecule has 1 fully saturated rings. The maximum Gasteiger partial charge on any atom is 0.257 e. The number of likely N-dealkylation sites (tertiary alicyclic amines) is 1. The van der Waals surface area contributed by atoms with E-state index in [0.29, 0.717) is 13.1 Å². The number of piperidine rings is 1. The molecule has 0 radical (unpaired) electrons. The van der Waals surface area contributed by atoms with E-state index in [1.165, 1.54) is 12.3 Å². The molecular formula is C13H20Cl2FN3O. The van der Waals surface area contributed by atoms with Crippen LogP contribution >= 0.6 is 24.8 Å².